The quantitative estimate of drug-likeness (QED) is 0.396. The number of benzene rings is 2. The first-order chi connectivity index (χ1) is 17.6. The van der Waals surface area contributed by atoms with Crippen molar-refractivity contribution in [3.63, 3.8) is 0 Å². The first-order valence-corrected chi connectivity index (χ1v) is 12.1. The van der Waals surface area contributed by atoms with E-state index in [4.69, 9.17) is 28.0 Å². The van der Waals surface area contributed by atoms with Gasteiger partial charge in [0.05, 0.1) is 34.4 Å². The molecule has 2 aromatic rings. The number of hydrogen-bond donors (Lipinski definition) is 1. The van der Waals surface area contributed by atoms with Gasteiger partial charge in [-0.15, -0.1) is 0 Å². The van der Waals surface area contributed by atoms with Crippen molar-refractivity contribution in [2.45, 2.75) is 48.9 Å². The van der Waals surface area contributed by atoms with Gasteiger partial charge in [-0.1, -0.05) is 52.6 Å². The summed E-state index contributed by atoms with van der Waals surface area (Å²) < 4.78 is 98.3. The molecule has 2 fully saturated rings. The SMILES string of the molecule is O=C(NC1CC1)N1CC(F)(c2ccc(C3=NOC(c4cc(Cl)c(Cl)c(C(F)(F)F)c4)(C(F)(F)F)C3)cc2)C1. The molecule has 1 unspecified atom stereocenters. The molecule has 0 spiro atoms. The van der Waals surface area contributed by atoms with Crippen LogP contribution in [0.3, 0.4) is 0 Å². The summed E-state index contributed by atoms with van der Waals surface area (Å²) in [4.78, 5) is 18.2. The van der Waals surface area contributed by atoms with E-state index in [1.807, 2.05) is 0 Å². The Labute approximate surface area is 221 Å². The maximum Gasteiger partial charge on any atom is 0.435 e. The minimum Gasteiger partial charge on any atom is -0.374 e. The van der Waals surface area contributed by atoms with Crippen molar-refractivity contribution < 1.29 is 40.4 Å². The Hall–Kier alpha value is -2.73. The van der Waals surface area contributed by atoms with Crippen LogP contribution >= 0.6 is 23.2 Å². The standard InChI is InChI=1S/C24H18Cl2F7N3O2/c25-17-8-14(7-16(19(17)26)23(28,29)30)22(24(31,32)33)9-18(35-38-22)12-1-3-13(4-2-12)21(27)10-36(11-21)20(37)34-15-5-6-15/h1-4,7-8,15H,5-6,9-11H2,(H,34,37). The second kappa shape index (κ2) is 8.90. The maximum atomic E-state index is 15.3. The number of urea groups is 1. The Balaban J connectivity index is 1.36. The molecule has 5 nitrogen and oxygen atoms in total. The second-order valence-corrected chi connectivity index (χ2v) is 10.4. The van der Waals surface area contributed by atoms with Crippen molar-refractivity contribution in [3.05, 3.63) is 68.7 Å². The summed E-state index contributed by atoms with van der Waals surface area (Å²) in [6.45, 7) is -0.351. The van der Waals surface area contributed by atoms with Crippen molar-refractivity contribution in [2.24, 2.45) is 5.16 Å². The van der Waals surface area contributed by atoms with Crippen LogP contribution in [0, 0.1) is 0 Å². The lowest BCUT2D eigenvalue weighted by molar-refractivity contribution is -0.276. The fraction of sp³-hybridized carbons (Fsp3) is 0.417. The number of nitrogens with zero attached hydrogens (tertiary/aromatic N) is 2. The van der Waals surface area contributed by atoms with E-state index in [-0.39, 0.29) is 48.1 Å². The van der Waals surface area contributed by atoms with Crippen molar-refractivity contribution in [1.29, 1.82) is 0 Å². The molecule has 1 saturated carbocycles. The minimum atomic E-state index is -5.18. The number of carbonyl (C=O) groups excluding carboxylic acids is 1. The highest BCUT2D eigenvalue weighted by molar-refractivity contribution is 6.42. The Kier molecular flexibility index (Phi) is 6.29. The lowest BCUT2D eigenvalue weighted by Crippen LogP contribution is -2.61. The zero-order chi connectivity index (χ0) is 27.7. The van der Waals surface area contributed by atoms with Crippen molar-refractivity contribution in [3.8, 4) is 0 Å². The van der Waals surface area contributed by atoms with Gasteiger partial charge in [0.15, 0.2) is 5.67 Å². The van der Waals surface area contributed by atoms with Crippen LogP contribution in [0.1, 0.15) is 41.5 Å². The minimum absolute atomic E-state index is 0.124. The fourth-order valence-electron chi connectivity index (χ4n) is 4.43. The van der Waals surface area contributed by atoms with Crippen LogP contribution in [0.4, 0.5) is 35.5 Å². The summed E-state index contributed by atoms with van der Waals surface area (Å²) in [6, 6.07) is 6.10. The second-order valence-electron chi connectivity index (χ2n) is 9.57. The van der Waals surface area contributed by atoms with E-state index >= 15 is 4.39 Å². The molecule has 3 aliphatic rings. The molecule has 38 heavy (non-hydrogen) atoms. The summed E-state index contributed by atoms with van der Waals surface area (Å²) in [5, 5.41) is 4.63. The highest BCUT2D eigenvalue weighted by Crippen LogP contribution is 2.51. The number of carbonyl (C=O) groups is 1. The zero-order valence-electron chi connectivity index (χ0n) is 19.2. The van der Waals surface area contributed by atoms with Gasteiger partial charge in [0.1, 0.15) is 0 Å². The summed E-state index contributed by atoms with van der Waals surface area (Å²) in [5.74, 6) is 0. The molecule has 0 radical (unpaired) electrons. The van der Waals surface area contributed by atoms with Crippen LogP contribution in [0.5, 0.6) is 0 Å². The van der Waals surface area contributed by atoms with Gasteiger partial charge in [0.25, 0.3) is 5.60 Å². The van der Waals surface area contributed by atoms with E-state index < -0.39 is 51.2 Å². The number of hydrogen-bond acceptors (Lipinski definition) is 3. The molecule has 14 heteroatoms. The number of likely N-dealkylation sites (tertiary alicyclic amines) is 1. The van der Waals surface area contributed by atoms with E-state index in [1.54, 1.807) is 0 Å². The molecule has 0 aromatic heterocycles. The fourth-order valence-corrected chi connectivity index (χ4v) is 4.86. The van der Waals surface area contributed by atoms with Crippen molar-refractivity contribution in [2.75, 3.05) is 13.1 Å². The Morgan fingerprint density at radius 3 is 2.21 bits per heavy atom. The third kappa shape index (κ3) is 4.66. The van der Waals surface area contributed by atoms with Crippen molar-refractivity contribution in [1.82, 2.24) is 10.2 Å². The van der Waals surface area contributed by atoms with Crippen LogP contribution in [0.2, 0.25) is 10.0 Å². The lowest BCUT2D eigenvalue weighted by Gasteiger charge is -2.44. The third-order valence-electron chi connectivity index (χ3n) is 6.80. The molecule has 2 heterocycles. The molecule has 2 aliphatic heterocycles. The summed E-state index contributed by atoms with van der Waals surface area (Å²) in [7, 11) is 0. The van der Waals surface area contributed by atoms with E-state index in [0.29, 0.717) is 6.07 Å². The normalized spacial score (nSPS) is 23.0. The number of nitrogens with one attached hydrogen (secondary N) is 1. The predicted octanol–water partition coefficient (Wildman–Crippen LogP) is 6.95. The van der Waals surface area contributed by atoms with Gasteiger partial charge in [-0.2, -0.15) is 26.3 Å². The summed E-state index contributed by atoms with van der Waals surface area (Å²) in [5.41, 5.74) is -7.36. The highest BCUT2D eigenvalue weighted by Gasteiger charge is 2.63. The molecule has 0 bridgehead atoms. The smallest absolute Gasteiger partial charge is 0.374 e. The average Bonchev–Trinajstić information content (AvgIpc) is 3.50. The molecule has 204 valence electrons. The molecular formula is C24H18Cl2F7N3O2. The summed E-state index contributed by atoms with van der Waals surface area (Å²) in [6.07, 6.45) is -9.43. The van der Waals surface area contributed by atoms with E-state index in [0.717, 1.165) is 12.8 Å². The Morgan fingerprint density at radius 1 is 1.03 bits per heavy atom. The van der Waals surface area contributed by atoms with Gasteiger partial charge in [-0.3, -0.25) is 0 Å². The zero-order valence-corrected chi connectivity index (χ0v) is 20.7. The van der Waals surface area contributed by atoms with Crippen molar-refractivity contribution >= 4 is 34.9 Å². The monoisotopic (exact) mass is 583 g/mol. The highest BCUT2D eigenvalue weighted by atomic mass is 35.5. The van der Waals surface area contributed by atoms with Gasteiger partial charge in [0.2, 0.25) is 0 Å². The van der Waals surface area contributed by atoms with Gasteiger partial charge in [-0.05, 0) is 36.1 Å². The van der Waals surface area contributed by atoms with Crippen LogP contribution in [-0.4, -0.2) is 42.0 Å². The average molecular weight is 584 g/mol. The predicted molar refractivity (Wildman–Crippen MR) is 124 cm³/mol. The number of halogens is 9. The molecule has 1 saturated heterocycles. The lowest BCUT2D eigenvalue weighted by atomic mass is 9.84. The van der Waals surface area contributed by atoms with Gasteiger partial charge >= 0.3 is 18.4 Å². The third-order valence-corrected chi connectivity index (χ3v) is 7.60. The first kappa shape index (κ1) is 26.9. The molecule has 1 N–H and O–H groups in total. The van der Waals surface area contributed by atoms with Crippen LogP contribution in [-0.2, 0) is 22.3 Å². The van der Waals surface area contributed by atoms with E-state index in [2.05, 4.69) is 10.5 Å². The number of rotatable bonds is 4. The van der Waals surface area contributed by atoms with Crippen LogP contribution in [0.25, 0.3) is 0 Å². The largest absolute Gasteiger partial charge is 0.435 e. The number of amides is 2. The van der Waals surface area contributed by atoms with E-state index in [9.17, 15) is 31.1 Å². The molecule has 1 atom stereocenters. The number of oxime groups is 1. The Morgan fingerprint density at radius 2 is 1.66 bits per heavy atom. The first-order valence-electron chi connectivity index (χ1n) is 11.4. The van der Waals surface area contributed by atoms with Gasteiger partial charge in [0, 0.05) is 18.0 Å². The van der Waals surface area contributed by atoms with Gasteiger partial charge in [-0.25, -0.2) is 9.18 Å². The molecule has 2 aromatic carbocycles. The molecule has 2 amide bonds. The molecule has 5 rings (SSSR count). The van der Waals surface area contributed by atoms with Crippen LogP contribution in [0.15, 0.2) is 41.6 Å². The molecule has 1 aliphatic carbocycles. The van der Waals surface area contributed by atoms with E-state index in [1.165, 1.54) is 29.2 Å². The summed E-state index contributed by atoms with van der Waals surface area (Å²) >= 11 is 11.4. The maximum absolute atomic E-state index is 15.3. The topological polar surface area (TPSA) is 53.9 Å². The van der Waals surface area contributed by atoms with Gasteiger partial charge < -0.3 is 15.1 Å². The Bertz CT molecular complexity index is 1300. The van der Waals surface area contributed by atoms with Crippen LogP contribution < -0.4 is 5.32 Å². The molecular weight excluding hydrogens is 566 g/mol. The number of alkyl halides is 7.